The first-order valence-corrected chi connectivity index (χ1v) is 7.72. The zero-order chi connectivity index (χ0) is 16.4. The monoisotopic (exact) mass is 321 g/mol. The largest absolute Gasteiger partial charge is 0.341 e. The predicted octanol–water partition coefficient (Wildman–Crippen LogP) is 1.70. The van der Waals surface area contributed by atoms with Crippen molar-refractivity contribution < 1.29 is 9.32 Å². The molecule has 0 N–H and O–H groups in total. The molecule has 120 valence electrons. The SMILES string of the molecule is O=C(Cc1ccccc1)N1CC(c2nc(-c3ncccn3)no2)C1. The molecule has 1 fully saturated rings. The Morgan fingerprint density at radius 1 is 1.08 bits per heavy atom. The van der Waals surface area contributed by atoms with Crippen molar-refractivity contribution in [3.8, 4) is 11.6 Å². The van der Waals surface area contributed by atoms with Crippen LogP contribution in [0.25, 0.3) is 11.6 Å². The van der Waals surface area contributed by atoms with Crippen LogP contribution in [-0.2, 0) is 11.2 Å². The van der Waals surface area contributed by atoms with Gasteiger partial charge in [-0.05, 0) is 11.6 Å². The van der Waals surface area contributed by atoms with Gasteiger partial charge in [-0.3, -0.25) is 4.79 Å². The van der Waals surface area contributed by atoms with Crippen LogP contribution in [0.2, 0.25) is 0 Å². The van der Waals surface area contributed by atoms with Crippen LogP contribution in [-0.4, -0.2) is 44.0 Å². The van der Waals surface area contributed by atoms with Crippen molar-refractivity contribution >= 4 is 5.91 Å². The minimum atomic E-state index is 0.0784. The van der Waals surface area contributed by atoms with Crippen molar-refractivity contribution in [2.45, 2.75) is 12.3 Å². The molecule has 1 saturated heterocycles. The summed E-state index contributed by atoms with van der Waals surface area (Å²) in [5.74, 6) is 1.53. The lowest BCUT2D eigenvalue weighted by Crippen LogP contribution is -2.49. The van der Waals surface area contributed by atoms with Gasteiger partial charge in [-0.2, -0.15) is 4.98 Å². The van der Waals surface area contributed by atoms with Crippen LogP contribution in [0, 0.1) is 0 Å². The second kappa shape index (κ2) is 6.19. The predicted molar refractivity (Wildman–Crippen MR) is 84.8 cm³/mol. The number of amides is 1. The van der Waals surface area contributed by atoms with E-state index < -0.39 is 0 Å². The van der Waals surface area contributed by atoms with E-state index in [-0.39, 0.29) is 11.8 Å². The first-order valence-electron chi connectivity index (χ1n) is 7.72. The molecule has 1 aliphatic heterocycles. The highest BCUT2D eigenvalue weighted by atomic mass is 16.5. The van der Waals surface area contributed by atoms with Crippen molar-refractivity contribution in [1.29, 1.82) is 0 Å². The first kappa shape index (κ1) is 14.5. The zero-order valence-electron chi connectivity index (χ0n) is 12.9. The van der Waals surface area contributed by atoms with E-state index in [1.807, 2.05) is 30.3 Å². The Labute approximate surface area is 138 Å². The molecule has 2 aromatic heterocycles. The summed E-state index contributed by atoms with van der Waals surface area (Å²) in [7, 11) is 0. The fourth-order valence-corrected chi connectivity index (χ4v) is 2.63. The summed E-state index contributed by atoms with van der Waals surface area (Å²) in [5, 5.41) is 3.91. The molecule has 0 radical (unpaired) electrons. The maximum absolute atomic E-state index is 12.2. The van der Waals surface area contributed by atoms with E-state index in [9.17, 15) is 4.79 Å². The Hall–Kier alpha value is -3.09. The van der Waals surface area contributed by atoms with Gasteiger partial charge in [-0.15, -0.1) is 0 Å². The summed E-state index contributed by atoms with van der Waals surface area (Å²) in [5.41, 5.74) is 1.02. The van der Waals surface area contributed by atoms with E-state index in [4.69, 9.17) is 4.52 Å². The summed E-state index contributed by atoms with van der Waals surface area (Å²) < 4.78 is 5.29. The van der Waals surface area contributed by atoms with Crippen LogP contribution in [0.4, 0.5) is 0 Å². The van der Waals surface area contributed by atoms with Gasteiger partial charge in [0.2, 0.25) is 23.4 Å². The number of hydrogen-bond acceptors (Lipinski definition) is 6. The molecule has 3 aromatic rings. The molecule has 0 saturated carbocycles. The maximum atomic E-state index is 12.2. The van der Waals surface area contributed by atoms with Gasteiger partial charge in [0.05, 0.1) is 12.3 Å². The molecule has 0 spiro atoms. The molecule has 0 bridgehead atoms. The second-order valence-electron chi connectivity index (χ2n) is 5.69. The number of rotatable bonds is 4. The van der Waals surface area contributed by atoms with Gasteiger partial charge in [0.25, 0.3) is 0 Å². The number of carbonyl (C=O) groups is 1. The lowest BCUT2D eigenvalue weighted by Gasteiger charge is -2.37. The van der Waals surface area contributed by atoms with Gasteiger partial charge in [-0.25, -0.2) is 9.97 Å². The molecule has 1 amide bonds. The molecule has 1 aromatic carbocycles. The Bertz CT molecular complexity index is 828. The molecule has 0 aliphatic carbocycles. The minimum Gasteiger partial charge on any atom is -0.341 e. The van der Waals surface area contributed by atoms with Crippen LogP contribution in [0.3, 0.4) is 0 Å². The number of likely N-dealkylation sites (tertiary alicyclic amines) is 1. The summed E-state index contributed by atoms with van der Waals surface area (Å²) in [4.78, 5) is 26.6. The Kier molecular flexibility index (Phi) is 3.74. The quantitative estimate of drug-likeness (QED) is 0.727. The van der Waals surface area contributed by atoms with Crippen molar-refractivity contribution in [3.05, 3.63) is 60.2 Å². The summed E-state index contributed by atoms with van der Waals surface area (Å²) in [6, 6.07) is 11.5. The first-order chi connectivity index (χ1) is 11.8. The summed E-state index contributed by atoms with van der Waals surface area (Å²) in [6.45, 7) is 1.20. The smallest absolute Gasteiger partial charge is 0.240 e. The molecular weight excluding hydrogens is 306 g/mol. The van der Waals surface area contributed by atoms with E-state index in [0.717, 1.165) is 5.56 Å². The summed E-state index contributed by atoms with van der Waals surface area (Å²) >= 11 is 0. The Morgan fingerprint density at radius 3 is 2.58 bits per heavy atom. The molecule has 1 aliphatic rings. The van der Waals surface area contributed by atoms with Crippen molar-refractivity contribution in [3.63, 3.8) is 0 Å². The van der Waals surface area contributed by atoms with E-state index in [1.54, 1.807) is 23.4 Å². The molecule has 0 atom stereocenters. The highest BCUT2D eigenvalue weighted by Crippen LogP contribution is 2.27. The Morgan fingerprint density at radius 2 is 1.83 bits per heavy atom. The van der Waals surface area contributed by atoms with E-state index >= 15 is 0 Å². The average Bonchev–Trinajstić information content (AvgIpc) is 3.05. The average molecular weight is 321 g/mol. The molecule has 0 unspecified atom stereocenters. The molecule has 7 nitrogen and oxygen atoms in total. The number of hydrogen-bond donors (Lipinski definition) is 0. The lowest BCUT2D eigenvalue weighted by atomic mass is 9.99. The molecule has 3 heterocycles. The zero-order valence-corrected chi connectivity index (χ0v) is 12.9. The van der Waals surface area contributed by atoms with Crippen LogP contribution in [0.1, 0.15) is 17.4 Å². The fraction of sp³-hybridized carbons (Fsp3) is 0.235. The molecule has 7 heteroatoms. The Balaban J connectivity index is 1.36. The molecular formula is C17H15N5O2. The van der Waals surface area contributed by atoms with E-state index in [1.165, 1.54) is 0 Å². The minimum absolute atomic E-state index is 0.0784. The van der Waals surface area contributed by atoms with Gasteiger partial charge in [0.1, 0.15) is 0 Å². The van der Waals surface area contributed by atoms with E-state index in [2.05, 4.69) is 20.1 Å². The van der Waals surface area contributed by atoms with Crippen molar-refractivity contribution in [2.24, 2.45) is 0 Å². The third-order valence-electron chi connectivity index (χ3n) is 3.99. The molecule has 4 rings (SSSR count). The number of carbonyl (C=O) groups excluding carboxylic acids is 1. The number of nitrogens with zero attached hydrogens (tertiary/aromatic N) is 5. The van der Waals surface area contributed by atoms with Crippen molar-refractivity contribution in [1.82, 2.24) is 25.0 Å². The van der Waals surface area contributed by atoms with Gasteiger partial charge in [0, 0.05) is 25.5 Å². The fourth-order valence-electron chi connectivity index (χ4n) is 2.63. The highest BCUT2D eigenvalue weighted by Gasteiger charge is 2.35. The number of aromatic nitrogens is 4. The van der Waals surface area contributed by atoms with Crippen LogP contribution in [0.15, 0.2) is 53.3 Å². The van der Waals surface area contributed by atoms with Crippen LogP contribution in [0.5, 0.6) is 0 Å². The third-order valence-corrected chi connectivity index (χ3v) is 3.99. The highest BCUT2D eigenvalue weighted by molar-refractivity contribution is 5.79. The normalized spacial score (nSPS) is 14.4. The second-order valence-corrected chi connectivity index (χ2v) is 5.69. The van der Waals surface area contributed by atoms with Crippen LogP contribution >= 0.6 is 0 Å². The van der Waals surface area contributed by atoms with Crippen LogP contribution < -0.4 is 0 Å². The van der Waals surface area contributed by atoms with Crippen molar-refractivity contribution in [2.75, 3.05) is 13.1 Å². The van der Waals surface area contributed by atoms with Gasteiger partial charge in [0.15, 0.2) is 0 Å². The summed E-state index contributed by atoms with van der Waals surface area (Å²) in [6.07, 6.45) is 3.68. The topological polar surface area (TPSA) is 85.0 Å². The van der Waals surface area contributed by atoms with E-state index in [0.29, 0.717) is 37.0 Å². The lowest BCUT2D eigenvalue weighted by molar-refractivity contribution is -0.135. The molecule has 24 heavy (non-hydrogen) atoms. The maximum Gasteiger partial charge on any atom is 0.240 e. The van der Waals surface area contributed by atoms with Gasteiger partial charge < -0.3 is 9.42 Å². The van der Waals surface area contributed by atoms with Gasteiger partial charge in [-0.1, -0.05) is 35.5 Å². The van der Waals surface area contributed by atoms with Gasteiger partial charge >= 0.3 is 0 Å². The number of benzene rings is 1. The third kappa shape index (κ3) is 2.88. The standard InChI is InChI=1S/C17H15N5O2/c23-14(9-12-5-2-1-3-6-12)22-10-13(11-22)17-20-16(21-24-17)15-18-7-4-8-19-15/h1-8,13H,9-11H2.